The van der Waals surface area contributed by atoms with Crippen LogP contribution in [0.3, 0.4) is 0 Å². The number of esters is 3. The van der Waals surface area contributed by atoms with Crippen LogP contribution in [-0.4, -0.2) is 89.2 Å². The molecule has 12 nitrogen and oxygen atoms in total. The Morgan fingerprint density at radius 1 is 0.455 bits per heavy atom. The topological polar surface area (TPSA) is 175 Å². The quantitative estimate of drug-likeness (QED) is 0.0228. The lowest BCUT2D eigenvalue weighted by Crippen LogP contribution is -2.61. The Hall–Kier alpha value is -4.88. The number of allylic oxidation sites excluding steroid dienone is 19. The molecule has 1 rings (SSSR count). The van der Waals surface area contributed by atoms with Gasteiger partial charge in [-0.15, -0.1) is 0 Å². The lowest BCUT2D eigenvalue weighted by Gasteiger charge is -2.40. The van der Waals surface area contributed by atoms with E-state index in [0.717, 1.165) is 103 Å². The summed E-state index contributed by atoms with van der Waals surface area (Å²) in [5, 5.41) is 31.5. The number of carboxylic acid groups (broad SMARTS) is 1. The number of carbonyl (C=O) groups is 4. The predicted molar refractivity (Wildman–Crippen MR) is 312 cm³/mol. The fourth-order valence-corrected chi connectivity index (χ4v) is 8.12. The van der Waals surface area contributed by atoms with Gasteiger partial charge in [0.1, 0.15) is 18.8 Å². The monoisotopic (exact) mass is 1070 g/mol. The van der Waals surface area contributed by atoms with Gasteiger partial charge in [0, 0.05) is 12.8 Å². The Labute approximate surface area is 465 Å². The van der Waals surface area contributed by atoms with E-state index in [0.29, 0.717) is 19.3 Å². The summed E-state index contributed by atoms with van der Waals surface area (Å²) in [6.45, 7) is 5.64. The van der Waals surface area contributed by atoms with Crippen LogP contribution in [0.5, 0.6) is 0 Å². The van der Waals surface area contributed by atoms with Crippen LogP contribution in [-0.2, 0) is 42.9 Å². The van der Waals surface area contributed by atoms with E-state index in [1.165, 1.54) is 51.4 Å². The molecule has 0 radical (unpaired) electrons. The van der Waals surface area contributed by atoms with Gasteiger partial charge in [0.25, 0.3) is 0 Å². The molecule has 0 spiro atoms. The van der Waals surface area contributed by atoms with E-state index < -0.39 is 67.3 Å². The first kappa shape index (κ1) is 70.1. The summed E-state index contributed by atoms with van der Waals surface area (Å²) in [5.74, 6) is -3.34. The Balaban J connectivity index is 2.77. The number of aliphatic hydroxyl groups is 2. The van der Waals surface area contributed by atoms with Crippen molar-refractivity contribution in [2.45, 2.75) is 250 Å². The van der Waals surface area contributed by atoms with Crippen molar-refractivity contribution >= 4 is 23.9 Å². The van der Waals surface area contributed by atoms with Gasteiger partial charge in [-0.3, -0.25) is 14.4 Å². The first-order valence-corrected chi connectivity index (χ1v) is 29.5. The molecule has 6 atom stereocenters. The molecule has 1 fully saturated rings. The number of carbonyl (C=O) groups excluding carboxylic acids is 3. The van der Waals surface area contributed by atoms with Gasteiger partial charge in [-0.1, -0.05) is 226 Å². The van der Waals surface area contributed by atoms with Crippen molar-refractivity contribution < 1.29 is 58.2 Å². The molecular weight excluding hydrogens is 973 g/mol. The van der Waals surface area contributed by atoms with E-state index >= 15 is 0 Å². The van der Waals surface area contributed by atoms with Crippen molar-refractivity contribution in [1.82, 2.24) is 0 Å². The zero-order valence-electron chi connectivity index (χ0n) is 47.7. The molecule has 1 saturated heterocycles. The van der Waals surface area contributed by atoms with Crippen LogP contribution in [0.2, 0.25) is 0 Å². The highest BCUT2D eigenvalue weighted by Gasteiger charge is 2.50. The van der Waals surface area contributed by atoms with Gasteiger partial charge >= 0.3 is 23.9 Å². The number of hydrogen-bond donors (Lipinski definition) is 3. The molecule has 0 aromatic carbocycles. The van der Waals surface area contributed by atoms with Gasteiger partial charge in [0.15, 0.2) is 24.6 Å². The lowest BCUT2D eigenvalue weighted by molar-refractivity contribution is -0.301. The second kappa shape index (κ2) is 51.9. The van der Waals surface area contributed by atoms with Crippen molar-refractivity contribution in [3.8, 4) is 0 Å². The highest BCUT2D eigenvalue weighted by molar-refractivity contribution is 5.74. The average molecular weight is 1080 g/mol. The zero-order valence-corrected chi connectivity index (χ0v) is 47.7. The summed E-state index contributed by atoms with van der Waals surface area (Å²) in [5.41, 5.74) is 0. The first-order chi connectivity index (χ1) is 37.6. The van der Waals surface area contributed by atoms with Gasteiger partial charge in [-0.05, 0) is 89.9 Å². The summed E-state index contributed by atoms with van der Waals surface area (Å²) in [6.07, 6.45) is 59.1. The third kappa shape index (κ3) is 41.8. The Bertz CT molecular complexity index is 1800. The number of aliphatic carboxylic acids is 1. The third-order valence-corrected chi connectivity index (χ3v) is 12.6. The van der Waals surface area contributed by atoms with E-state index in [-0.39, 0.29) is 25.9 Å². The van der Waals surface area contributed by atoms with Crippen molar-refractivity contribution in [1.29, 1.82) is 0 Å². The molecule has 434 valence electrons. The van der Waals surface area contributed by atoms with Crippen molar-refractivity contribution in [2.24, 2.45) is 0 Å². The van der Waals surface area contributed by atoms with Gasteiger partial charge in [-0.25, -0.2) is 4.79 Å². The predicted octanol–water partition coefficient (Wildman–Crippen LogP) is 15.2. The largest absolute Gasteiger partial charge is 0.479 e. The van der Waals surface area contributed by atoms with Gasteiger partial charge < -0.3 is 39.0 Å². The highest BCUT2D eigenvalue weighted by atomic mass is 16.7. The molecule has 0 saturated carbocycles. The fraction of sp³-hybridized carbons (Fsp3) is 0.631. The minimum atomic E-state index is -1.92. The lowest BCUT2D eigenvalue weighted by atomic mass is 9.98. The number of rotatable bonds is 48. The normalized spacial score (nSPS) is 18.9. The number of ether oxygens (including phenoxy) is 5. The number of hydrogen-bond acceptors (Lipinski definition) is 11. The molecule has 6 unspecified atom stereocenters. The molecule has 1 heterocycles. The van der Waals surface area contributed by atoms with Crippen LogP contribution >= 0.6 is 0 Å². The molecule has 0 amide bonds. The van der Waals surface area contributed by atoms with Crippen molar-refractivity contribution in [2.75, 3.05) is 13.2 Å². The van der Waals surface area contributed by atoms with Crippen LogP contribution in [0.1, 0.15) is 213 Å². The molecule has 0 aromatic rings. The number of carboxylic acids is 1. The van der Waals surface area contributed by atoms with E-state index in [2.05, 4.69) is 118 Å². The summed E-state index contributed by atoms with van der Waals surface area (Å²) in [4.78, 5) is 51.0. The van der Waals surface area contributed by atoms with E-state index in [9.17, 15) is 34.5 Å². The number of aliphatic hydroxyl groups excluding tert-OH is 2. The molecule has 12 heteroatoms. The minimum absolute atomic E-state index is 0.0432. The van der Waals surface area contributed by atoms with Crippen molar-refractivity contribution in [3.63, 3.8) is 0 Å². The second-order valence-corrected chi connectivity index (χ2v) is 19.5. The molecule has 1 aliphatic rings. The van der Waals surface area contributed by atoms with E-state index in [4.69, 9.17) is 23.7 Å². The van der Waals surface area contributed by atoms with Gasteiger partial charge in [-0.2, -0.15) is 0 Å². The summed E-state index contributed by atoms with van der Waals surface area (Å²) < 4.78 is 28.2. The standard InChI is InChI=1S/C65H102O12/c1-4-7-10-13-16-19-22-25-27-28-29-30-32-34-36-39-42-45-48-51-57(66)73-54-56(75-58(67)52-49-46-43-40-38-35-31-26-23-20-17-14-11-8-5-2)55-74-65-63(61(70)60(69)62(77-65)64(71)72)76-59(68)53-50-47-44-41-37-33-24-21-18-15-12-9-6-3/h7-8,10-11,16-17,19-20,25-27,29-31,34,36,38,40,46,49,56,60-63,65,69-70H,4-6,9,12-15,18,21-24,28,32-33,35,37,39,41-45,47-48,50-55H2,1-3H3,(H,71,72)/b10-7-,11-8-,19-16-,20-17-,27-25-,30-29-,31-26-,36-34-,40-38-,49-46-. The zero-order chi connectivity index (χ0) is 56.1. The molecule has 77 heavy (non-hydrogen) atoms. The molecule has 0 aliphatic carbocycles. The average Bonchev–Trinajstić information content (AvgIpc) is 3.42. The van der Waals surface area contributed by atoms with Crippen LogP contribution in [0.4, 0.5) is 0 Å². The van der Waals surface area contributed by atoms with E-state index in [1.54, 1.807) is 6.08 Å². The van der Waals surface area contributed by atoms with Crippen LogP contribution in [0.25, 0.3) is 0 Å². The van der Waals surface area contributed by atoms with Crippen LogP contribution in [0, 0.1) is 0 Å². The van der Waals surface area contributed by atoms with Crippen LogP contribution < -0.4 is 0 Å². The molecule has 0 aromatic heterocycles. The first-order valence-electron chi connectivity index (χ1n) is 29.5. The minimum Gasteiger partial charge on any atom is -0.479 e. The Morgan fingerprint density at radius 3 is 1.31 bits per heavy atom. The smallest absolute Gasteiger partial charge is 0.335 e. The molecular formula is C65H102O12. The maximum atomic E-state index is 13.1. The fourth-order valence-electron chi connectivity index (χ4n) is 8.12. The second-order valence-electron chi connectivity index (χ2n) is 19.5. The Morgan fingerprint density at radius 2 is 0.857 bits per heavy atom. The SMILES string of the molecule is CC/C=C\C/C=C\C/C=C\C/C=C\C/C=C\CCCCCC(=O)OCC(COC1OC(C(=O)O)C(O)C(O)C1OC(=O)CCCCCCCCCCCCCCC)OC(=O)C/C=C\C/C=C\C/C=C\C/C=C\C/C=C\CC. The third-order valence-electron chi connectivity index (χ3n) is 12.6. The van der Waals surface area contributed by atoms with Gasteiger partial charge in [0.2, 0.25) is 0 Å². The molecule has 3 N–H and O–H groups in total. The summed E-state index contributed by atoms with van der Waals surface area (Å²) >= 11 is 0. The van der Waals surface area contributed by atoms with E-state index in [1.807, 2.05) is 18.2 Å². The highest BCUT2D eigenvalue weighted by Crippen LogP contribution is 2.26. The molecule has 0 bridgehead atoms. The van der Waals surface area contributed by atoms with Gasteiger partial charge in [0.05, 0.1) is 13.0 Å². The summed E-state index contributed by atoms with van der Waals surface area (Å²) in [7, 11) is 0. The van der Waals surface area contributed by atoms with Crippen LogP contribution in [0.15, 0.2) is 122 Å². The summed E-state index contributed by atoms with van der Waals surface area (Å²) in [6, 6.07) is 0. The molecule has 1 aliphatic heterocycles. The number of unbranched alkanes of at least 4 members (excludes halogenated alkanes) is 15. The maximum absolute atomic E-state index is 13.1. The maximum Gasteiger partial charge on any atom is 0.335 e. The Kier molecular flexibility index (Phi) is 47.2. The van der Waals surface area contributed by atoms with Crippen molar-refractivity contribution in [3.05, 3.63) is 122 Å².